The van der Waals surface area contributed by atoms with Crippen LogP contribution in [0.15, 0.2) is 48.5 Å². The van der Waals surface area contributed by atoms with Gasteiger partial charge in [-0.15, -0.1) is 0 Å². The third-order valence-corrected chi connectivity index (χ3v) is 7.46. The van der Waals surface area contributed by atoms with Gasteiger partial charge < -0.3 is 19.9 Å². The first-order valence-electron chi connectivity index (χ1n) is 12.1. The van der Waals surface area contributed by atoms with Crippen LogP contribution in [0, 0.1) is 0 Å². The zero-order valence-corrected chi connectivity index (χ0v) is 19.4. The molecule has 174 valence electrons. The molecule has 1 spiro atoms. The second-order valence-electron chi connectivity index (χ2n) is 9.73. The van der Waals surface area contributed by atoms with Gasteiger partial charge in [-0.25, -0.2) is 4.79 Å². The molecule has 0 aliphatic carbocycles. The number of hydrogen-bond donors (Lipinski definition) is 1. The number of morpholine rings is 1. The highest BCUT2D eigenvalue weighted by molar-refractivity contribution is 5.80. The molecule has 6 heteroatoms. The number of aryl methyl sites for hydroxylation is 1. The fourth-order valence-corrected chi connectivity index (χ4v) is 5.80. The van der Waals surface area contributed by atoms with E-state index in [1.807, 2.05) is 16.8 Å². The summed E-state index contributed by atoms with van der Waals surface area (Å²) in [7, 11) is 1.90. The third kappa shape index (κ3) is 4.36. The maximum Gasteiger partial charge on any atom is 0.320 e. The minimum Gasteiger partial charge on any atom is -0.369 e. The summed E-state index contributed by atoms with van der Waals surface area (Å²) in [6.07, 6.45) is 5.35. The second kappa shape index (κ2) is 9.18. The van der Waals surface area contributed by atoms with E-state index in [-0.39, 0.29) is 24.6 Å². The number of carbonyl (C=O) groups excluding carboxylic acids is 2. The van der Waals surface area contributed by atoms with Crippen molar-refractivity contribution < 1.29 is 14.3 Å². The number of amides is 3. The van der Waals surface area contributed by atoms with Crippen LogP contribution in [-0.2, 0) is 22.4 Å². The van der Waals surface area contributed by atoms with Gasteiger partial charge >= 0.3 is 6.03 Å². The summed E-state index contributed by atoms with van der Waals surface area (Å²) >= 11 is 0. The minimum atomic E-state index is -0.547. The van der Waals surface area contributed by atoms with Gasteiger partial charge in [-0.1, -0.05) is 48.5 Å². The smallest absolute Gasteiger partial charge is 0.320 e. The van der Waals surface area contributed by atoms with Crippen LogP contribution in [-0.4, -0.2) is 66.7 Å². The lowest BCUT2D eigenvalue weighted by Gasteiger charge is -2.52. The predicted molar refractivity (Wildman–Crippen MR) is 128 cm³/mol. The van der Waals surface area contributed by atoms with E-state index >= 15 is 0 Å². The Hall–Kier alpha value is -2.86. The Balaban J connectivity index is 1.58. The van der Waals surface area contributed by atoms with E-state index in [4.69, 9.17) is 4.74 Å². The molecule has 0 radical (unpaired) electrons. The summed E-state index contributed by atoms with van der Waals surface area (Å²) in [4.78, 5) is 29.8. The first-order chi connectivity index (χ1) is 16.1. The number of ether oxygens (including phenoxy) is 1. The van der Waals surface area contributed by atoms with Crippen molar-refractivity contribution in [2.75, 3.05) is 33.4 Å². The van der Waals surface area contributed by atoms with Crippen LogP contribution in [0.2, 0.25) is 0 Å². The van der Waals surface area contributed by atoms with Crippen LogP contribution in [0.3, 0.4) is 0 Å². The number of nitrogens with one attached hydrogen (secondary N) is 1. The van der Waals surface area contributed by atoms with Gasteiger partial charge in [-0.3, -0.25) is 4.79 Å². The molecule has 2 saturated heterocycles. The monoisotopic (exact) mass is 447 g/mol. The fraction of sp³-hybridized carbons (Fsp3) is 0.481. The summed E-state index contributed by atoms with van der Waals surface area (Å²) in [5.41, 5.74) is 4.47. The summed E-state index contributed by atoms with van der Waals surface area (Å²) in [6, 6.07) is 17.2. The van der Waals surface area contributed by atoms with Gasteiger partial charge in [0.1, 0.15) is 6.61 Å². The summed E-state index contributed by atoms with van der Waals surface area (Å²) in [5.74, 6) is -0.0917. The number of piperidine rings is 1. The molecule has 6 nitrogen and oxygen atoms in total. The highest BCUT2D eigenvalue weighted by atomic mass is 16.5. The van der Waals surface area contributed by atoms with Gasteiger partial charge in [0.15, 0.2) is 0 Å². The largest absolute Gasteiger partial charge is 0.369 e. The number of rotatable bonds is 0. The van der Waals surface area contributed by atoms with Crippen LogP contribution in [0.5, 0.6) is 0 Å². The number of carbonyl (C=O) groups is 2. The van der Waals surface area contributed by atoms with Crippen molar-refractivity contribution in [2.45, 2.75) is 50.1 Å². The quantitative estimate of drug-likeness (QED) is 0.671. The van der Waals surface area contributed by atoms with E-state index in [0.717, 1.165) is 38.6 Å². The zero-order chi connectivity index (χ0) is 22.8. The Kier molecular flexibility index (Phi) is 6.11. The van der Waals surface area contributed by atoms with E-state index in [0.29, 0.717) is 19.6 Å². The standard InChI is InChI=1S/C27H33N3O3/c1-29-14-5-4-10-21-9-2-3-12-23(21)22-11-6-8-20(16-22)17-24-27(19-33-18-25(31)28-27)13-7-15-30(24)26(29)32/h2-3,6,8-9,11-12,16,24H,4-5,7,10,13-15,17-19H2,1H3,(H,28,31). The van der Waals surface area contributed by atoms with E-state index in [2.05, 4.69) is 53.8 Å². The molecule has 3 amide bonds. The molecule has 0 saturated carbocycles. The molecule has 1 N–H and O–H groups in total. The molecule has 2 aromatic rings. The van der Waals surface area contributed by atoms with Crippen molar-refractivity contribution in [3.05, 3.63) is 59.7 Å². The normalized spacial score (nSPS) is 26.3. The Labute approximate surface area is 195 Å². The topological polar surface area (TPSA) is 61.9 Å². The van der Waals surface area contributed by atoms with Crippen molar-refractivity contribution >= 4 is 11.9 Å². The van der Waals surface area contributed by atoms with Crippen molar-refractivity contribution in [1.82, 2.24) is 15.1 Å². The second-order valence-corrected chi connectivity index (χ2v) is 9.73. The lowest BCUT2D eigenvalue weighted by atomic mass is 9.77. The average Bonchev–Trinajstić information content (AvgIpc) is 2.82. The van der Waals surface area contributed by atoms with Crippen LogP contribution in [0.25, 0.3) is 11.1 Å². The Bertz CT molecular complexity index is 1030. The molecule has 3 aliphatic rings. The van der Waals surface area contributed by atoms with Crippen molar-refractivity contribution in [3.63, 3.8) is 0 Å². The SMILES string of the molecule is CN1CCCCc2ccccc2-c2cccc(c2)CC2N(CCCC23COCC(=O)N3)C1=O. The van der Waals surface area contributed by atoms with Gasteiger partial charge in [0.2, 0.25) is 5.91 Å². The molecule has 2 bridgehead atoms. The minimum absolute atomic E-state index is 0.0486. The molecule has 2 aromatic carbocycles. The summed E-state index contributed by atoms with van der Waals surface area (Å²) < 4.78 is 5.73. The van der Waals surface area contributed by atoms with Gasteiger partial charge in [0.25, 0.3) is 0 Å². The predicted octanol–water partition coefficient (Wildman–Crippen LogP) is 3.63. The van der Waals surface area contributed by atoms with E-state index in [1.165, 1.54) is 22.3 Å². The highest BCUT2D eigenvalue weighted by Gasteiger charge is 2.49. The van der Waals surface area contributed by atoms with Gasteiger partial charge in [-0.05, 0) is 60.8 Å². The molecule has 0 aromatic heterocycles. The van der Waals surface area contributed by atoms with E-state index in [1.54, 1.807) is 0 Å². The first-order valence-corrected chi connectivity index (χ1v) is 12.1. The molecule has 3 heterocycles. The number of nitrogens with zero attached hydrogens (tertiary/aromatic N) is 2. The lowest BCUT2D eigenvalue weighted by Crippen LogP contribution is -2.71. The summed E-state index contributed by atoms with van der Waals surface area (Å²) in [6.45, 7) is 1.97. The van der Waals surface area contributed by atoms with E-state index < -0.39 is 5.54 Å². The molecule has 2 fully saturated rings. The summed E-state index contributed by atoms with van der Waals surface area (Å²) in [5, 5.41) is 3.25. The van der Waals surface area contributed by atoms with Gasteiger partial charge in [-0.2, -0.15) is 0 Å². The molecule has 2 atom stereocenters. The Morgan fingerprint density at radius 2 is 1.91 bits per heavy atom. The molecular formula is C27H33N3O3. The maximum absolute atomic E-state index is 13.6. The average molecular weight is 448 g/mol. The highest BCUT2D eigenvalue weighted by Crippen LogP contribution is 2.34. The zero-order valence-electron chi connectivity index (χ0n) is 19.4. The van der Waals surface area contributed by atoms with Crippen LogP contribution in [0.4, 0.5) is 4.79 Å². The first kappa shape index (κ1) is 22.0. The molecule has 33 heavy (non-hydrogen) atoms. The third-order valence-electron chi connectivity index (χ3n) is 7.46. The lowest BCUT2D eigenvalue weighted by molar-refractivity contribution is -0.140. The number of benzene rings is 2. The number of fused-ring (bicyclic) bond motifs is 6. The Morgan fingerprint density at radius 3 is 2.79 bits per heavy atom. The van der Waals surface area contributed by atoms with Crippen molar-refractivity contribution in [2.24, 2.45) is 0 Å². The molecular weight excluding hydrogens is 414 g/mol. The number of urea groups is 1. The molecule has 5 rings (SSSR count). The van der Waals surface area contributed by atoms with Crippen LogP contribution >= 0.6 is 0 Å². The number of hydrogen-bond acceptors (Lipinski definition) is 3. The molecule has 2 unspecified atom stereocenters. The Morgan fingerprint density at radius 1 is 1.03 bits per heavy atom. The van der Waals surface area contributed by atoms with Crippen LogP contribution in [0.1, 0.15) is 36.8 Å². The van der Waals surface area contributed by atoms with Crippen LogP contribution < -0.4 is 5.32 Å². The molecule has 3 aliphatic heterocycles. The van der Waals surface area contributed by atoms with Crippen molar-refractivity contribution in [3.8, 4) is 11.1 Å². The fourth-order valence-electron chi connectivity index (χ4n) is 5.80. The van der Waals surface area contributed by atoms with Crippen molar-refractivity contribution in [1.29, 1.82) is 0 Å². The van der Waals surface area contributed by atoms with E-state index in [9.17, 15) is 9.59 Å². The maximum atomic E-state index is 13.6. The van der Waals surface area contributed by atoms with Gasteiger partial charge in [0.05, 0.1) is 18.2 Å². The van der Waals surface area contributed by atoms with Gasteiger partial charge in [0, 0.05) is 20.1 Å².